The summed E-state index contributed by atoms with van der Waals surface area (Å²) in [5.41, 5.74) is -2.21. The Kier molecular flexibility index (Phi) is 3.70. The van der Waals surface area contributed by atoms with Crippen molar-refractivity contribution < 1.29 is 22.7 Å². The molecular weight excluding hydrogens is 227 g/mol. The van der Waals surface area contributed by atoms with Gasteiger partial charge in [-0.25, -0.2) is 13.2 Å². The topological polar surface area (TPSA) is 59.2 Å². The van der Waals surface area contributed by atoms with Crippen molar-refractivity contribution in [2.45, 2.75) is 12.8 Å². The molecule has 1 heterocycles. The molecule has 0 atom stereocenters. The van der Waals surface area contributed by atoms with Crippen molar-refractivity contribution in [3.05, 3.63) is 33.5 Å². The molecule has 0 aromatic carbocycles. The average molecular weight is 235 g/mol. The summed E-state index contributed by atoms with van der Waals surface area (Å²) in [6.07, 6.45) is -3.52. The highest BCUT2D eigenvalue weighted by molar-refractivity contribution is 5.72. The predicted octanol–water partition coefficient (Wildman–Crippen LogP) is 1.17. The molecule has 0 saturated heterocycles. The zero-order valence-corrected chi connectivity index (χ0v) is 8.22. The quantitative estimate of drug-likeness (QED) is 0.800. The van der Waals surface area contributed by atoms with Crippen LogP contribution in [0.15, 0.2) is 10.9 Å². The van der Waals surface area contributed by atoms with Crippen LogP contribution in [0, 0.1) is 5.82 Å². The van der Waals surface area contributed by atoms with Gasteiger partial charge in [-0.15, -0.1) is 0 Å². The van der Waals surface area contributed by atoms with Gasteiger partial charge in [-0.05, 0) is 6.07 Å². The summed E-state index contributed by atoms with van der Waals surface area (Å²) in [7, 11) is 1.08. The maximum Gasteiger partial charge on any atom is 0.311 e. The lowest BCUT2D eigenvalue weighted by Gasteiger charge is -2.07. The van der Waals surface area contributed by atoms with E-state index in [4.69, 9.17) is 0 Å². The number of carbonyl (C=O) groups excluding carboxylic acids is 1. The number of ether oxygens (including phenoxy) is 1. The third-order valence-electron chi connectivity index (χ3n) is 1.90. The van der Waals surface area contributed by atoms with Crippen LogP contribution in [0.1, 0.15) is 17.7 Å². The molecule has 1 aromatic rings. The maximum absolute atomic E-state index is 12.7. The number of methoxy groups -OCH3 is 1. The van der Waals surface area contributed by atoms with Crippen LogP contribution in [0.2, 0.25) is 0 Å². The molecule has 1 rings (SSSR count). The summed E-state index contributed by atoms with van der Waals surface area (Å²) in [5, 5.41) is 0. The molecule has 0 saturated carbocycles. The standard InChI is InChI=1S/C9H8F3NO3/c1-16-7(14)3-6-4(8(11)12)2-5(10)9(15)13-6/h2,8H,3H2,1H3,(H,13,15). The number of esters is 1. The van der Waals surface area contributed by atoms with E-state index in [0.717, 1.165) is 7.11 Å². The smallest absolute Gasteiger partial charge is 0.311 e. The van der Waals surface area contributed by atoms with Crippen molar-refractivity contribution in [1.29, 1.82) is 0 Å². The number of alkyl halides is 2. The number of nitrogens with one attached hydrogen (secondary N) is 1. The first kappa shape index (κ1) is 12.3. The normalized spacial score (nSPS) is 10.6. The Balaban J connectivity index is 3.20. The fourth-order valence-electron chi connectivity index (χ4n) is 1.12. The summed E-state index contributed by atoms with van der Waals surface area (Å²) >= 11 is 0. The predicted molar refractivity (Wildman–Crippen MR) is 47.7 cm³/mol. The summed E-state index contributed by atoms with van der Waals surface area (Å²) < 4.78 is 41.9. The lowest BCUT2D eigenvalue weighted by atomic mass is 10.1. The van der Waals surface area contributed by atoms with E-state index in [-0.39, 0.29) is 5.69 Å². The van der Waals surface area contributed by atoms with Gasteiger partial charge in [0.2, 0.25) is 0 Å². The molecule has 0 aliphatic heterocycles. The number of rotatable bonds is 3. The minimum Gasteiger partial charge on any atom is -0.469 e. The number of hydrogen-bond donors (Lipinski definition) is 1. The molecule has 1 aromatic heterocycles. The zero-order chi connectivity index (χ0) is 12.3. The van der Waals surface area contributed by atoms with E-state index in [9.17, 15) is 22.8 Å². The van der Waals surface area contributed by atoms with E-state index < -0.39 is 35.8 Å². The van der Waals surface area contributed by atoms with Crippen LogP contribution in [-0.4, -0.2) is 18.1 Å². The van der Waals surface area contributed by atoms with Gasteiger partial charge in [0.1, 0.15) is 0 Å². The highest BCUT2D eigenvalue weighted by atomic mass is 19.3. The molecule has 1 N–H and O–H groups in total. The van der Waals surface area contributed by atoms with Crippen LogP contribution in [0.3, 0.4) is 0 Å². The van der Waals surface area contributed by atoms with Crippen LogP contribution in [0.25, 0.3) is 0 Å². The number of halogens is 3. The third kappa shape index (κ3) is 2.62. The van der Waals surface area contributed by atoms with E-state index >= 15 is 0 Å². The molecule has 4 nitrogen and oxygen atoms in total. The van der Waals surface area contributed by atoms with Crippen LogP contribution in [0.5, 0.6) is 0 Å². The van der Waals surface area contributed by atoms with Gasteiger partial charge in [-0.2, -0.15) is 0 Å². The van der Waals surface area contributed by atoms with Crippen LogP contribution in [-0.2, 0) is 16.0 Å². The molecular formula is C9H8F3NO3. The Morgan fingerprint density at radius 2 is 2.19 bits per heavy atom. The van der Waals surface area contributed by atoms with Crippen molar-refractivity contribution >= 4 is 5.97 Å². The number of H-pyrrole nitrogens is 1. The maximum atomic E-state index is 12.7. The second-order valence-electron chi connectivity index (χ2n) is 2.93. The van der Waals surface area contributed by atoms with E-state index in [1.807, 2.05) is 4.98 Å². The molecule has 0 spiro atoms. The number of pyridine rings is 1. The van der Waals surface area contributed by atoms with E-state index in [1.165, 1.54) is 0 Å². The van der Waals surface area contributed by atoms with Gasteiger partial charge in [0.15, 0.2) is 5.82 Å². The van der Waals surface area contributed by atoms with Gasteiger partial charge in [-0.1, -0.05) is 0 Å². The second kappa shape index (κ2) is 4.82. The van der Waals surface area contributed by atoms with Crippen LogP contribution < -0.4 is 5.56 Å². The van der Waals surface area contributed by atoms with Crippen molar-refractivity contribution in [1.82, 2.24) is 4.98 Å². The van der Waals surface area contributed by atoms with E-state index in [2.05, 4.69) is 4.74 Å². The summed E-state index contributed by atoms with van der Waals surface area (Å²) in [6, 6.07) is 0.418. The number of aromatic nitrogens is 1. The fraction of sp³-hybridized carbons (Fsp3) is 0.333. The van der Waals surface area contributed by atoms with Gasteiger partial charge < -0.3 is 9.72 Å². The zero-order valence-electron chi connectivity index (χ0n) is 8.22. The molecule has 0 aliphatic carbocycles. The van der Waals surface area contributed by atoms with E-state index in [1.54, 1.807) is 0 Å². The Bertz CT molecular complexity index is 456. The highest BCUT2D eigenvalue weighted by Gasteiger charge is 2.18. The fourth-order valence-corrected chi connectivity index (χ4v) is 1.12. The minimum atomic E-state index is -2.98. The van der Waals surface area contributed by atoms with Crippen molar-refractivity contribution in [2.75, 3.05) is 7.11 Å². The second-order valence-corrected chi connectivity index (χ2v) is 2.93. The Morgan fingerprint density at radius 1 is 1.56 bits per heavy atom. The Morgan fingerprint density at radius 3 is 2.69 bits per heavy atom. The summed E-state index contributed by atoms with van der Waals surface area (Å²) in [6.45, 7) is 0. The Labute approximate surface area is 88.0 Å². The van der Waals surface area contributed by atoms with Gasteiger partial charge in [0.25, 0.3) is 12.0 Å². The monoisotopic (exact) mass is 235 g/mol. The lowest BCUT2D eigenvalue weighted by molar-refractivity contribution is -0.139. The summed E-state index contributed by atoms with van der Waals surface area (Å²) in [5.74, 6) is -2.12. The average Bonchev–Trinajstić information content (AvgIpc) is 2.22. The third-order valence-corrected chi connectivity index (χ3v) is 1.90. The minimum absolute atomic E-state index is 0.340. The lowest BCUT2D eigenvalue weighted by Crippen LogP contribution is -2.18. The molecule has 0 radical (unpaired) electrons. The van der Waals surface area contributed by atoms with Crippen molar-refractivity contribution in [3.8, 4) is 0 Å². The molecule has 16 heavy (non-hydrogen) atoms. The van der Waals surface area contributed by atoms with Gasteiger partial charge in [-0.3, -0.25) is 9.59 Å². The van der Waals surface area contributed by atoms with Crippen LogP contribution in [0.4, 0.5) is 13.2 Å². The molecule has 0 unspecified atom stereocenters. The SMILES string of the molecule is COC(=O)Cc1[nH]c(=O)c(F)cc1C(F)F. The Hall–Kier alpha value is -1.79. The highest BCUT2D eigenvalue weighted by Crippen LogP contribution is 2.21. The first-order chi connectivity index (χ1) is 7.45. The largest absolute Gasteiger partial charge is 0.469 e. The number of aromatic amines is 1. The molecule has 0 fully saturated rings. The first-order valence-electron chi connectivity index (χ1n) is 4.22. The molecule has 88 valence electrons. The van der Waals surface area contributed by atoms with E-state index in [0.29, 0.717) is 6.07 Å². The molecule has 0 amide bonds. The van der Waals surface area contributed by atoms with Crippen LogP contribution >= 0.6 is 0 Å². The molecule has 0 aliphatic rings. The molecule has 7 heteroatoms. The van der Waals surface area contributed by atoms with Crippen molar-refractivity contribution in [2.24, 2.45) is 0 Å². The van der Waals surface area contributed by atoms with Crippen molar-refractivity contribution in [3.63, 3.8) is 0 Å². The molecule has 0 bridgehead atoms. The number of hydrogen-bond acceptors (Lipinski definition) is 3. The summed E-state index contributed by atoms with van der Waals surface area (Å²) in [4.78, 5) is 23.6. The first-order valence-corrected chi connectivity index (χ1v) is 4.22. The van der Waals surface area contributed by atoms with Gasteiger partial charge in [0.05, 0.1) is 13.5 Å². The number of carbonyl (C=O) groups is 1. The van der Waals surface area contributed by atoms with Gasteiger partial charge in [0, 0.05) is 11.3 Å². The van der Waals surface area contributed by atoms with Gasteiger partial charge >= 0.3 is 5.97 Å².